The summed E-state index contributed by atoms with van der Waals surface area (Å²) in [6.07, 6.45) is 9.73. The summed E-state index contributed by atoms with van der Waals surface area (Å²) < 4.78 is 41.4. The minimum absolute atomic E-state index is 0. The topological polar surface area (TPSA) is 67.7 Å². The van der Waals surface area contributed by atoms with E-state index in [1.54, 1.807) is 24.5 Å². The SMILES string of the molecule is C[C@@H]1CCCN(c2nc(-c3ccnc(Cc4nc(F)cc(F)c4F)c3)nc3cncc(C4CC4)c23)C1.S. The first-order valence-electron chi connectivity index (χ1n) is 12.3. The van der Waals surface area contributed by atoms with Gasteiger partial charge in [-0.2, -0.15) is 17.9 Å². The Morgan fingerprint density at radius 1 is 1.03 bits per heavy atom. The van der Waals surface area contributed by atoms with Gasteiger partial charge >= 0.3 is 0 Å². The molecule has 2 aliphatic rings. The predicted molar refractivity (Wildman–Crippen MR) is 140 cm³/mol. The Hall–Kier alpha value is -3.27. The van der Waals surface area contributed by atoms with Gasteiger partial charge < -0.3 is 4.90 Å². The van der Waals surface area contributed by atoms with Crippen LogP contribution < -0.4 is 4.90 Å². The van der Waals surface area contributed by atoms with Crippen LogP contribution in [0.3, 0.4) is 0 Å². The zero-order valence-electron chi connectivity index (χ0n) is 20.4. The molecule has 0 spiro atoms. The van der Waals surface area contributed by atoms with E-state index in [-0.39, 0.29) is 25.6 Å². The smallest absolute Gasteiger partial charge is 0.216 e. The number of hydrogen-bond acceptors (Lipinski definition) is 6. The maximum Gasteiger partial charge on any atom is 0.216 e. The second-order valence-corrected chi connectivity index (χ2v) is 9.86. The van der Waals surface area contributed by atoms with Crippen molar-refractivity contribution in [1.82, 2.24) is 24.9 Å². The summed E-state index contributed by atoms with van der Waals surface area (Å²) in [7, 11) is 0. The van der Waals surface area contributed by atoms with E-state index in [0.29, 0.717) is 35.0 Å². The van der Waals surface area contributed by atoms with Crippen molar-refractivity contribution in [3.63, 3.8) is 0 Å². The van der Waals surface area contributed by atoms with Crippen molar-refractivity contribution in [2.45, 2.75) is 44.9 Å². The fourth-order valence-corrected chi connectivity index (χ4v) is 5.05. The molecule has 5 heterocycles. The molecule has 1 aliphatic carbocycles. The van der Waals surface area contributed by atoms with Crippen LogP contribution in [-0.2, 0) is 6.42 Å². The summed E-state index contributed by atoms with van der Waals surface area (Å²) >= 11 is 0. The van der Waals surface area contributed by atoms with E-state index in [0.717, 1.165) is 49.1 Å². The molecule has 37 heavy (non-hydrogen) atoms. The normalized spacial score (nSPS) is 17.6. The van der Waals surface area contributed by atoms with Gasteiger partial charge in [-0.3, -0.25) is 9.97 Å². The van der Waals surface area contributed by atoms with Crippen LogP contribution >= 0.6 is 13.5 Å². The molecule has 4 aromatic heterocycles. The third kappa shape index (κ3) is 5.12. The maximum atomic E-state index is 14.2. The molecule has 0 bridgehead atoms. The number of pyridine rings is 3. The molecule has 192 valence electrons. The molecule has 1 aliphatic heterocycles. The Bertz CT molecular complexity index is 1460. The number of anilines is 1. The number of rotatable bonds is 5. The van der Waals surface area contributed by atoms with Crippen molar-refractivity contribution >= 4 is 30.2 Å². The van der Waals surface area contributed by atoms with Crippen LogP contribution in [0.1, 0.15) is 55.5 Å². The lowest BCUT2D eigenvalue weighted by Gasteiger charge is -2.33. The summed E-state index contributed by atoms with van der Waals surface area (Å²) in [6, 6.07) is 3.92. The Kier molecular flexibility index (Phi) is 7.02. The second kappa shape index (κ2) is 10.2. The Labute approximate surface area is 219 Å². The molecule has 6 nitrogen and oxygen atoms in total. The molecule has 6 rings (SSSR count). The van der Waals surface area contributed by atoms with Crippen molar-refractivity contribution < 1.29 is 13.2 Å². The molecular weight excluding hydrogens is 497 g/mol. The van der Waals surface area contributed by atoms with Gasteiger partial charge in [0, 0.05) is 54.6 Å². The predicted octanol–water partition coefficient (Wildman–Crippen LogP) is 5.72. The van der Waals surface area contributed by atoms with Gasteiger partial charge in [-0.15, -0.1) is 0 Å². The van der Waals surface area contributed by atoms with Gasteiger partial charge in [0.05, 0.1) is 17.4 Å². The highest BCUT2D eigenvalue weighted by atomic mass is 32.1. The molecule has 0 aromatic carbocycles. The number of fused-ring (bicyclic) bond motifs is 1. The number of hydrogen-bond donors (Lipinski definition) is 0. The van der Waals surface area contributed by atoms with E-state index in [2.05, 4.69) is 26.8 Å². The summed E-state index contributed by atoms with van der Waals surface area (Å²) in [5, 5.41) is 1.07. The van der Waals surface area contributed by atoms with Crippen LogP contribution in [-0.4, -0.2) is 38.0 Å². The van der Waals surface area contributed by atoms with E-state index in [9.17, 15) is 13.2 Å². The minimum Gasteiger partial charge on any atom is -0.356 e. The van der Waals surface area contributed by atoms with E-state index < -0.39 is 17.6 Å². The van der Waals surface area contributed by atoms with Gasteiger partial charge in [-0.05, 0) is 55.2 Å². The van der Waals surface area contributed by atoms with Gasteiger partial charge in [0.15, 0.2) is 17.5 Å². The molecule has 1 atom stereocenters. The van der Waals surface area contributed by atoms with E-state index in [4.69, 9.17) is 9.97 Å². The third-order valence-corrected chi connectivity index (χ3v) is 6.96. The molecule has 0 N–H and O–H groups in total. The average Bonchev–Trinajstić information content (AvgIpc) is 3.72. The highest BCUT2D eigenvalue weighted by Gasteiger charge is 2.30. The highest BCUT2D eigenvalue weighted by Crippen LogP contribution is 2.45. The zero-order chi connectivity index (χ0) is 24.8. The van der Waals surface area contributed by atoms with Crippen molar-refractivity contribution in [2.24, 2.45) is 5.92 Å². The number of piperidine rings is 1. The fourth-order valence-electron chi connectivity index (χ4n) is 5.05. The van der Waals surface area contributed by atoms with Crippen LogP contribution in [0.4, 0.5) is 19.0 Å². The van der Waals surface area contributed by atoms with Gasteiger partial charge in [-0.1, -0.05) is 6.92 Å². The van der Waals surface area contributed by atoms with Gasteiger partial charge in [0.25, 0.3) is 0 Å². The Morgan fingerprint density at radius 2 is 1.86 bits per heavy atom. The average molecular weight is 525 g/mol. The van der Waals surface area contributed by atoms with E-state index in [1.165, 1.54) is 12.0 Å². The number of aromatic nitrogens is 5. The standard InChI is InChI=1S/C27H25F3N6.H2S/c1-15-3-2-8-36(14-15)27-24-19(16-4-5-16)12-31-13-22(24)34-26(35-27)17-6-7-32-18(9-17)10-21-25(30)20(28)11-23(29)33-21;/h6-7,9,11-13,15-16H,2-5,8,10,14H2,1H3;1H2/t15-;/m1./s1. The highest BCUT2D eigenvalue weighted by molar-refractivity contribution is 7.59. The monoisotopic (exact) mass is 524 g/mol. The molecule has 0 radical (unpaired) electrons. The summed E-state index contributed by atoms with van der Waals surface area (Å²) in [4.78, 5) is 24.5. The van der Waals surface area contributed by atoms with Crippen LogP contribution in [0.15, 0.2) is 36.8 Å². The lowest BCUT2D eigenvalue weighted by atomic mass is 9.99. The van der Waals surface area contributed by atoms with Crippen LogP contribution in [0.2, 0.25) is 0 Å². The van der Waals surface area contributed by atoms with Crippen LogP contribution in [0, 0.1) is 23.5 Å². The van der Waals surface area contributed by atoms with Crippen molar-refractivity contribution in [1.29, 1.82) is 0 Å². The van der Waals surface area contributed by atoms with Gasteiger partial charge in [-0.25, -0.2) is 23.7 Å². The first-order chi connectivity index (χ1) is 17.5. The molecule has 0 amide bonds. The molecule has 1 saturated heterocycles. The van der Waals surface area contributed by atoms with Gasteiger partial charge in [0.1, 0.15) is 5.82 Å². The largest absolute Gasteiger partial charge is 0.356 e. The summed E-state index contributed by atoms with van der Waals surface area (Å²) in [5.74, 6) is -1.02. The van der Waals surface area contributed by atoms with E-state index in [1.807, 2.05) is 6.20 Å². The fraction of sp³-hybridized carbons (Fsp3) is 0.370. The van der Waals surface area contributed by atoms with Crippen LogP contribution in [0.5, 0.6) is 0 Å². The summed E-state index contributed by atoms with van der Waals surface area (Å²) in [6.45, 7) is 4.12. The van der Waals surface area contributed by atoms with Crippen molar-refractivity contribution in [2.75, 3.05) is 18.0 Å². The first-order valence-corrected chi connectivity index (χ1v) is 12.3. The molecule has 10 heteroatoms. The molecule has 1 saturated carbocycles. The number of nitrogens with zero attached hydrogens (tertiary/aromatic N) is 6. The quantitative estimate of drug-likeness (QED) is 0.311. The molecule has 4 aromatic rings. The first kappa shape index (κ1) is 25.4. The lowest BCUT2D eigenvalue weighted by Crippen LogP contribution is -2.35. The van der Waals surface area contributed by atoms with Crippen molar-refractivity contribution in [3.05, 3.63) is 71.3 Å². The molecule has 2 fully saturated rings. The maximum absolute atomic E-state index is 14.2. The lowest BCUT2D eigenvalue weighted by molar-refractivity contribution is 0.445. The molecule has 0 unspecified atom stereocenters. The summed E-state index contributed by atoms with van der Waals surface area (Å²) in [5.41, 5.74) is 2.75. The Balaban J connectivity index is 0.00000280. The Morgan fingerprint density at radius 3 is 2.65 bits per heavy atom. The minimum atomic E-state index is -1.27. The molecular formula is C27H27F3N6S. The second-order valence-electron chi connectivity index (χ2n) is 9.86. The third-order valence-electron chi connectivity index (χ3n) is 6.96. The van der Waals surface area contributed by atoms with Crippen molar-refractivity contribution in [3.8, 4) is 11.4 Å². The van der Waals surface area contributed by atoms with Crippen LogP contribution in [0.25, 0.3) is 22.3 Å². The van der Waals surface area contributed by atoms with E-state index >= 15 is 0 Å². The zero-order valence-corrected chi connectivity index (χ0v) is 21.4. The number of halogens is 3. The van der Waals surface area contributed by atoms with Gasteiger partial charge in [0.2, 0.25) is 5.95 Å².